The van der Waals surface area contributed by atoms with Crippen LogP contribution >= 0.6 is 0 Å². The molecule has 2 aromatic rings. The number of urea groups is 1. The first-order chi connectivity index (χ1) is 11.5. The first kappa shape index (κ1) is 16.5. The third-order valence-corrected chi connectivity index (χ3v) is 4.77. The third-order valence-electron chi connectivity index (χ3n) is 4.77. The molecule has 1 aliphatic rings. The molecule has 0 radical (unpaired) electrons. The first-order valence-electron chi connectivity index (χ1n) is 8.28. The third kappa shape index (κ3) is 3.27. The number of amides is 2. The van der Waals surface area contributed by atoms with Gasteiger partial charge < -0.3 is 10.6 Å². The highest BCUT2D eigenvalue weighted by molar-refractivity contribution is 5.75. The van der Waals surface area contributed by atoms with Gasteiger partial charge in [0.05, 0.1) is 18.3 Å². The predicted molar refractivity (Wildman–Crippen MR) is 89.9 cm³/mol. The monoisotopic (exact) mass is 330 g/mol. The van der Waals surface area contributed by atoms with Gasteiger partial charge in [-0.05, 0) is 42.9 Å². The summed E-state index contributed by atoms with van der Waals surface area (Å²) in [6.45, 7) is 4.00. The largest absolute Gasteiger partial charge is 0.332 e. The van der Waals surface area contributed by atoms with E-state index < -0.39 is 0 Å². The molecule has 1 aliphatic carbocycles. The summed E-state index contributed by atoms with van der Waals surface area (Å²) in [6, 6.07) is 4.52. The molecular weight excluding hydrogens is 307 g/mol. The van der Waals surface area contributed by atoms with E-state index in [0.29, 0.717) is 0 Å². The zero-order valence-electron chi connectivity index (χ0n) is 14.2. The van der Waals surface area contributed by atoms with E-state index >= 15 is 0 Å². The lowest BCUT2D eigenvalue weighted by molar-refractivity contribution is 0.226. The van der Waals surface area contributed by atoms with E-state index in [-0.39, 0.29) is 29.8 Å². The lowest BCUT2D eigenvalue weighted by Gasteiger charge is -2.32. The number of hydrogen-bond acceptors (Lipinski definition) is 2. The summed E-state index contributed by atoms with van der Waals surface area (Å²) in [7, 11) is 1.84. The molecule has 1 aromatic carbocycles. The number of nitrogens with one attached hydrogen (secondary N) is 2. The number of nitrogens with zero attached hydrogens (tertiary/aromatic N) is 2. The van der Waals surface area contributed by atoms with Gasteiger partial charge in [0.1, 0.15) is 5.82 Å². The van der Waals surface area contributed by atoms with E-state index in [2.05, 4.69) is 22.7 Å². The maximum atomic E-state index is 14.0. The molecule has 0 saturated carbocycles. The quantitative estimate of drug-likeness (QED) is 0.907. The SMILES string of the molecule is CC(NC(=O)NC1c2cccc(F)c2CCC1C)c1cnn(C)c1. The maximum absolute atomic E-state index is 14.0. The Morgan fingerprint density at radius 3 is 2.96 bits per heavy atom. The highest BCUT2D eigenvalue weighted by Crippen LogP contribution is 2.35. The van der Waals surface area contributed by atoms with Crippen LogP contribution in [-0.2, 0) is 13.5 Å². The van der Waals surface area contributed by atoms with Crippen LogP contribution in [-0.4, -0.2) is 15.8 Å². The van der Waals surface area contributed by atoms with Gasteiger partial charge in [0.2, 0.25) is 0 Å². The number of benzene rings is 1. The second kappa shape index (κ2) is 6.63. The van der Waals surface area contributed by atoms with Crippen molar-refractivity contribution in [1.29, 1.82) is 0 Å². The molecule has 0 fully saturated rings. The number of carbonyl (C=O) groups excluding carboxylic acids is 1. The molecule has 3 unspecified atom stereocenters. The van der Waals surface area contributed by atoms with Crippen molar-refractivity contribution >= 4 is 6.03 Å². The fraction of sp³-hybridized carbons (Fsp3) is 0.444. The topological polar surface area (TPSA) is 59.0 Å². The highest BCUT2D eigenvalue weighted by atomic mass is 19.1. The van der Waals surface area contributed by atoms with Crippen LogP contribution in [0.2, 0.25) is 0 Å². The lowest BCUT2D eigenvalue weighted by Crippen LogP contribution is -2.42. The van der Waals surface area contributed by atoms with Crippen LogP contribution in [0.5, 0.6) is 0 Å². The van der Waals surface area contributed by atoms with Crippen molar-refractivity contribution in [1.82, 2.24) is 20.4 Å². The van der Waals surface area contributed by atoms with E-state index in [1.807, 2.05) is 26.2 Å². The van der Waals surface area contributed by atoms with E-state index in [9.17, 15) is 9.18 Å². The molecule has 2 N–H and O–H groups in total. The zero-order valence-corrected chi connectivity index (χ0v) is 14.2. The van der Waals surface area contributed by atoms with Crippen molar-refractivity contribution in [2.45, 2.75) is 38.8 Å². The highest BCUT2D eigenvalue weighted by Gasteiger charge is 2.29. The number of aryl methyl sites for hydroxylation is 1. The van der Waals surface area contributed by atoms with Gasteiger partial charge in [0.25, 0.3) is 0 Å². The molecule has 6 heteroatoms. The Labute approximate surface area is 141 Å². The van der Waals surface area contributed by atoms with Crippen molar-refractivity contribution in [3.05, 3.63) is 53.1 Å². The van der Waals surface area contributed by atoms with Crippen molar-refractivity contribution < 1.29 is 9.18 Å². The first-order valence-corrected chi connectivity index (χ1v) is 8.28. The van der Waals surface area contributed by atoms with Crippen molar-refractivity contribution in [3.63, 3.8) is 0 Å². The van der Waals surface area contributed by atoms with Crippen molar-refractivity contribution in [2.75, 3.05) is 0 Å². The Hall–Kier alpha value is -2.37. The average molecular weight is 330 g/mol. The Morgan fingerprint density at radius 2 is 2.25 bits per heavy atom. The van der Waals surface area contributed by atoms with Gasteiger partial charge in [0.15, 0.2) is 0 Å². The van der Waals surface area contributed by atoms with Gasteiger partial charge >= 0.3 is 6.03 Å². The summed E-state index contributed by atoms with van der Waals surface area (Å²) in [5.41, 5.74) is 2.55. The summed E-state index contributed by atoms with van der Waals surface area (Å²) in [4.78, 5) is 12.4. The Kier molecular flexibility index (Phi) is 4.55. The van der Waals surface area contributed by atoms with Crippen molar-refractivity contribution in [2.24, 2.45) is 13.0 Å². The normalized spacial score (nSPS) is 21.0. The molecule has 24 heavy (non-hydrogen) atoms. The van der Waals surface area contributed by atoms with E-state index in [4.69, 9.17) is 0 Å². The van der Waals surface area contributed by atoms with Crippen LogP contribution in [0.25, 0.3) is 0 Å². The van der Waals surface area contributed by atoms with Gasteiger partial charge in [-0.1, -0.05) is 19.1 Å². The molecule has 0 bridgehead atoms. The standard InChI is InChI=1S/C18H23FN4O/c1-11-7-8-14-15(5-4-6-16(14)19)17(11)22-18(24)21-12(2)13-9-20-23(3)10-13/h4-6,9-12,17H,7-8H2,1-3H3,(H2,21,22,24). The Balaban J connectivity index is 1.71. The maximum Gasteiger partial charge on any atom is 0.315 e. The van der Waals surface area contributed by atoms with Gasteiger partial charge in [-0.25, -0.2) is 9.18 Å². The van der Waals surface area contributed by atoms with Crippen molar-refractivity contribution in [3.8, 4) is 0 Å². The van der Waals surface area contributed by atoms with Crippen LogP contribution in [0.4, 0.5) is 9.18 Å². The Bertz CT molecular complexity index is 742. The second-order valence-corrected chi connectivity index (χ2v) is 6.59. The minimum absolute atomic E-state index is 0.149. The van der Waals surface area contributed by atoms with Gasteiger partial charge in [-0.15, -0.1) is 0 Å². The lowest BCUT2D eigenvalue weighted by atomic mass is 9.80. The zero-order chi connectivity index (χ0) is 17.3. The summed E-state index contributed by atoms with van der Waals surface area (Å²) in [5.74, 6) is 0.0779. The van der Waals surface area contributed by atoms with Gasteiger partial charge in [0, 0.05) is 18.8 Å². The predicted octanol–water partition coefficient (Wildman–Crippen LogP) is 3.24. The molecule has 3 rings (SSSR count). The van der Waals surface area contributed by atoms with E-state index in [1.54, 1.807) is 16.9 Å². The smallest absolute Gasteiger partial charge is 0.315 e. The second-order valence-electron chi connectivity index (χ2n) is 6.59. The van der Waals surface area contributed by atoms with Crippen LogP contribution in [0.3, 0.4) is 0 Å². The van der Waals surface area contributed by atoms with Crippen LogP contribution in [0.1, 0.15) is 49.0 Å². The number of hydrogen-bond donors (Lipinski definition) is 2. The minimum Gasteiger partial charge on any atom is -0.332 e. The summed E-state index contributed by atoms with van der Waals surface area (Å²) in [5, 5.41) is 10.1. The molecule has 0 saturated heterocycles. The molecule has 0 aliphatic heterocycles. The fourth-order valence-corrected chi connectivity index (χ4v) is 3.32. The minimum atomic E-state index is -0.250. The molecule has 0 spiro atoms. The molecule has 2 amide bonds. The molecular formula is C18H23FN4O. The molecule has 128 valence electrons. The Morgan fingerprint density at radius 1 is 1.46 bits per heavy atom. The number of carbonyl (C=O) groups is 1. The van der Waals surface area contributed by atoms with E-state index in [0.717, 1.165) is 29.5 Å². The van der Waals surface area contributed by atoms with Crippen LogP contribution in [0.15, 0.2) is 30.6 Å². The van der Waals surface area contributed by atoms with Gasteiger partial charge in [-0.3, -0.25) is 4.68 Å². The summed E-state index contributed by atoms with van der Waals surface area (Å²) < 4.78 is 15.7. The summed E-state index contributed by atoms with van der Waals surface area (Å²) in [6.07, 6.45) is 5.18. The average Bonchev–Trinajstić information content (AvgIpc) is 2.97. The fourth-order valence-electron chi connectivity index (χ4n) is 3.32. The van der Waals surface area contributed by atoms with Gasteiger partial charge in [-0.2, -0.15) is 5.10 Å². The summed E-state index contributed by atoms with van der Waals surface area (Å²) >= 11 is 0. The molecule has 5 nitrogen and oxygen atoms in total. The molecule has 1 aromatic heterocycles. The number of fused-ring (bicyclic) bond motifs is 1. The number of aromatic nitrogens is 2. The number of rotatable bonds is 3. The van der Waals surface area contributed by atoms with E-state index in [1.165, 1.54) is 6.07 Å². The molecule has 3 atom stereocenters. The number of halogens is 1. The van der Waals surface area contributed by atoms with Crippen LogP contribution < -0.4 is 10.6 Å². The molecule has 1 heterocycles. The van der Waals surface area contributed by atoms with Crippen LogP contribution in [0, 0.1) is 11.7 Å².